The molecule has 8 nitrogen and oxygen atoms in total. The highest BCUT2D eigenvalue weighted by Crippen LogP contribution is 2.38. The molecule has 9 heteroatoms. The van der Waals surface area contributed by atoms with Gasteiger partial charge in [0.05, 0.1) is 19.6 Å². The molecule has 37 heavy (non-hydrogen) atoms. The molecule has 2 unspecified atom stereocenters. The van der Waals surface area contributed by atoms with Crippen LogP contribution in [0, 0.1) is 0 Å². The van der Waals surface area contributed by atoms with E-state index in [4.69, 9.17) is 14.2 Å². The first-order valence-corrected chi connectivity index (χ1v) is 13.3. The molecule has 1 saturated heterocycles. The van der Waals surface area contributed by atoms with Crippen LogP contribution < -0.4 is 15.0 Å². The highest BCUT2D eigenvalue weighted by molar-refractivity contribution is 7.19. The van der Waals surface area contributed by atoms with E-state index in [-0.39, 0.29) is 23.7 Å². The third-order valence-corrected chi connectivity index (χ3v) is 7.84. The second kappa shape index (κ2) is 10.4. The predicted molar refractivity (Wildman–Crippen MR) is 148 cm³/mol. The van der Waals surface area contributed by atoms with Crippen LogP contribution >= 0.6 is 11.3 Å². The van der Waals surface area contributed by atoms with Gasteiger partial charge in [-0.15, -0.1) is 11.3 Å². The van der Waals surface area contributed by atoms with Crippen molar-refractivity contribution in [3.63, 3.8) is 0 Å². The summed E-state index contributed by atoms with van der Waals surface area (Å²) < 4.78 is 19.1. The zero-order chi connectivity index (χ0) is 27.1. The number of aryl methyl sites for hydroxylation is 1. The van der Waals surface area contributed by atoms with Crippen LogP contribution in [0.25, 0.3) is 21.2 Å². The van der Waals surface area contributed by atoms with Crippen molar-refractivity contribution in [3.05, 3.63) is 45.7 Å². The van der Waals surface area contributed by atoms with Gasteiger partial charge < -0.3 is 23.7 Å². The average molecular weight is 528 g/mol. The Morgan fingerprint density at radius 1 is 1.05 bits per heavy atom. The Morgan fingerprint density at radius 3 is 2.30 bits per heavy atom. The number of carbonyl (C=O) groups is 1. The Kier molecular flexibility index (Phi) is 7.57. The average Bonchev–Trinajstić information content (AvgIpc) is 3.26. The molecule has 0 aliphatic carbocycles. The van der Waals surface area contributed by atoms with Crippen molar-refractivity contribution in [1.29, 1.82) is 0 Å². The van der Waals surface area contributed by atoms with Crippen LogP contribution in [0.3, 0.4) is 0 Å². The van der Waals surface area contributed by atoms with Crippen LogP contribution in [0.4, 0.5) is 4.79 Å². The molecule has 1 aliphatic rings. The van der Waals surface area contributed by atoms with Gasteiger partial charge in [0.2, 0.25) is 0 Å². The fourth-order valence-electron chi connectivity index (χ4n) is 4.91. The normalized spacial score (nSPS) is 18.8. The number of ether oxygens (including phenoxy) is 3. The topological polar surface area (TPSA) is 73.2 Å². The maximum atomic E-state index is 13.1. The molecule has 4 rings (SSSR count). The summed E-state index contributed by atoms with van der Waals surface area (Å²) in [4.78, 5) is 31.0. The van der Waals surface area contributed by atoms with E-state index in [1.165, 1.54) is 0 Å². The highest BCUT2D eigenvalue weighted by Gasteiger charge is 2.34. The van der Waals surface area contributed by atoms with Crippen LogP contribution in [0.5, 0.6) is 11.5 Å². The van der Waals surface area contributed by atoms with Gasteiger partial charge in [0.25, 0.3) is 5.56 Å². The van der Waals surface area contributed by atoms with Crippen molar-refractivity contribution in [1.82, 2.24) is 14.4 Å². The molecule has 1 fully saturated rings. The molecule has 3 aromatic rings. The molecule has 0 N–H and O–H groups in total. The van der Waals surface area contributed by atoms with Crippen LogP contribution in [-0.4, -0.2) is 65.5 Å². The molecular formula is C28H37N3O5S. The fraction of sp³-hybridized carbons (Fsp3) is 0.500. The van der Waals surface area contributed by atoms with Crippen LogP contribution in [0.1, 0.15) is 39.5 Å². The molecule has 1 amide bonds. The molecule has 2 atom stereocenters. The number of amides is 1. The number of rotatable bonds is 5. The number of fused-ring (bicyclic) bond motifs is 1. The number of nitrogens with zero attached hydrogens (tertiary/aromatic N) is 3. The Balaban J connectivity index is 1.63. The SMILES string of the molecule is COc1ccc(-c2cn(C)c(=O)c3cc(CN4C(C)CN(C(=O)OC(C)(C)C)CC4C)sc23)cc1OC. The minimum Gasteiger partial charge on any atom is -0.493 e. The molecule has 0 spiro atoms. The maximum absolute atomic E-state index is 13.1. The van der Waals surface area contributed by atoms with Crippen molar-refractivity contribution in [2.24, 2.45) is 7.05 Å². The number of pyridine rings is 1. The first-order valence-electron chi connectivity index (χ1n) is 12.5. The maximum Gasteiger partial charge on any atom is 0.410 e. The predicted octanol–water partition coefficient (Wildman–Crippen LogP) is 5.11. The van der Waals surface area contributed by atoms with E-state index in [1.807, 2.05) is 51.2 Å². The summed E-state index contributed by atoms with van der Waals surface area (Å²) in [5.74, 6) is 1.30. The lowest BCUT2D eigenvalue weighted by Crippen LogP contribution is -2.58. The van der Waals surface area contributed by atoms with Gasteiger partial charge in [0.15, 0.2) is 11.5 Å². The quantitative estimate of drug-likeness (QED) is 0.459. The first-order chi connectivity index (χ1) is 17.4. The Bertz CT molecular complexity index is 1340. The summed E-state index contributed by atoms with van der Waals surface area (Å²) in [6.07, 6.45) is 1.62. The second-order valence-electron chi connectivity index (χ2n) is 10.7. The molecule has 1 aromatic carbocycles. The number of piperazine rings is 1. The summed E-state index contributed by atoms with van der Waals surface area (Å²) in [7, 11) is 5.01. The molecule has 0 radical (unpaired) electrons. The van der Waals surface area contributed by atoms with Gasteiger partial charge in [-0.05, 0) is 58.4 Å². The standard InChI is InChI=1S/C28H37N3O5S/c1-17-13-30(27(33)36-28(3,4)5)14-18(2)31(17)15-20-12-21-25(37-20)22(16-29(6)26(21)32)19-9-10-23(34-7)24(11-19)35-8/h9-12,16-18H,13-15H2,1-8H3. The van der Waals surface area contributed by atoms with Crippen molar-refractivity contribution in [2.45, 2.75) is 58.8 Å². The van der Waals surface area contributed by atoms with E-state index >= 15 is 0 Å². The monoisotopic (exact) mass is 527 g/mol. The first kappa shape index (κ1) is 27.0. The minimum atomic E-state index is -0.518. The van der Waals surface area contributed by atoms with E-state index < -0.39 is 5.60 Å². The molecule has 2 aromatic heterocycles. The molecule has 1 aliphatic heterocycles. The van der Waals surface area contributed by atoms with Crippen LogP contribution in [-0.2, 0) is 18.3 Å². The largest absolute Gasteiger partial charge is 0.493 e. The lowest BCUT2D eigenvalue weighted by molar-refractivity contribution is -0.00942. The second-order valence-corrected chi connectivity index (χ2v) is 11.9. The summed E-state index contributed by atoms with van der Waals surface area (Å²) in [5, 5.41) is 0.711. The number of hydrogen-bond donors (Lipinski definition) is 0. The lowest BCUT2D eigenvalue weighted by Gasteiger charge is -2.44. The Hall–Kier alpha value is -3.04. The summed E-state index contributed by atoms with van der Waals surface area (Å²) >= 11 is 1.65. The van der Waals surface area contributed by atoms with E-state index in [0.29, 0.717) is 36.5 Å². The Morgan fingerprint density at radius 2 is 1.70 bits per heavy atom. The molecular weight excluding hydrogens is 490 g/mol. The van der Waals surface area contributed by atoms with Gasteiger partial charge in [-0.3, -0.25) is 9.69 Å². The highest BCUT2D eigenvalue weighted by atomic mass is 32.1. The number of carbonyl (C=O) groups excluding carboxylic acids is 1. The van der Waals surface area contributed by atoms with Gasteiger partial charge >= 0.3 is 6.09 Å². The summed E-state index contributed by atoms with van der Waals surface area (Å²) in [5.41, 5.74) is 1.40. The molecule has 0 saturated carbocycles. The number of hydrogen-bond acceptors (Lipinski definition) is 7. The summed E-state index contributed by atoms with van der Waals surface area (Å²) in [6.45, 7) is 11.8. The minimum absolute atomic E-state index is 0.0161. The number of thiophene rings is 1. The number of aromatic nitrogens is 1. The number of benzene rings is 1. The van der Waals surface area contributed by atoms with E-state index in [1.54, 1.807) is 42.1 Å². The van der Waals surface area contributed by atoms with Crippen LogP contribution in [0.15, 0.2) is 35.3 Å². The zero-order valence-corrected chi connectivity index (χ0v) is 23.8. The van der Waals surface area contributed by atoms with Gasteiger partial charge in [-0.2, -0.15) is 0 Å². The van der Waals surface area contributed by atoms with Gasteiger partial charge in [-0.1, -0.05) is 6.07 Å². The van der Waals surface area contributed by atoms with Crippen LogP contribution in [0.2, 0.25) is 0 Å². The van der Waals surface area contributed by atoms with E-state index in [9.17, 15) is 9.59 Å². The van der Waals surface area contributed by atoms with Crippen molar-refractivity contribution in [2.75, 3.05) is 27.3 Å². The Labute approximate surface area is 222 Å². The zero-order valence-electron chi connectivity index (χ0n) is 23.0. The third-order valence-electron chi connectivity index (χ3n) is 6.69. The summed E-state index contributed by atoms with van der Waals surface area (Å²) in [6, 6.07) is 8.13. The lowest BCUT2D eigenvalue weighted by atomic mass is 10.1. The van der Waals surface area contributed by atoms with E-state index in [2.05, 4.69) is 18.7 Å². The number of methoxy groups -OCH3 is 2. The van der Waals surface area contributed by atoms with Gasteiger partial charge in [0, 0.05) is 60.1 Å². The van der Waals surface area contributed by atoms with Gasteiger partial charge in [-0.25, -0.2) is 4.79 Å². The molecule has 0 bridgehead atoms. The fourth-order valence-corrected chi connectivity index (χ4v) is 6.10. The van der Waals surface area contributed by atoms with Gasteiger partial charge in [0.1, 0.15) is 5.60 Å². The smallest absolute Gasteiger partial charge is 0.410 e. The molecule has 200 valence electrons. The van der Waals surface area contributed by atoms with Crippen molar-refractivity contribution in [3.8, 4) is 22.6 Å². The third kappa shape index (κ3) is 5.62. The van der Waals surface area contributed by atoms with Crippen molar-refractivity contribution >= 4 is 27.5 Å². The van der Waals surface area contributed by atoms with Crippen molar-refractivity contribution < 1.29 is 19.0 Å². The van der Waals surface area contributed by atoms with E-state index in [0.717, 1.165) is 20.7 Å². The molecule has 3 heterocycles.